The molecule has 0 radical (unpaired) electrons. The highest BCUT2D eigenvalue weighted by atomic mass is 16.5. The molecule has 1 unspecified atom stereocenters. The molecule has 5 rings (SSSR count). The van der Waals surface area contributed by atoms with E-state index in [1.54, 1.807) is 12.4 Å². The van der Waals surface area contributed by atoms with Gasteiger partial charge in [-0.1, -0.05) is 18.2 Å². The monoisotopic (exact) mass is 359 g/mol. The summed E-state index contributed by atoms with van der Waals surface area (Å²) in [6, 6.07) is 12.5. The summed E-state index contributed by atoms with van der Waals surface area (Å²) in [7, 11) is 0. The zero-order valence-corrected chi connectivity index (χ0v) is 14.9. The van der Waals surface area contributed by atoms with Crippen LogP contribution in [0.5, 0.6) is 0 Å². The summed E-state index contributed by atoms with van der Waals surface area (Å²) >= 11 is 0. The number of hydrogen-bond donors (Lipinski definition) is 2. The number of hydrogen-bond acceptors (Lipinski definition) is 4. The highest BCUT2D eigenvalue weighted by Crippen LogP contribution is 2.28. The molecule has 1 fully saturated rings. The van der Waals surface area contributed by atoms with Crippen molar-refractivity contribution in [3.8, 4) is 11.3 Å². The van der Waals surface area contributed by atoms with Crippen molar-refractivity contribution in [1.29, 1.82) is 0 Å². The number of rotatable bonds is 4. The van der Waals surface area contributed by atoms with Gasteiger partial charge in [-0.3, -0.25) is 9.88 Å². The summed E-state index contributed by atoms with van der Waals surface area (Å²) in [6.45, 7) is 3.14. The Hall–Kier alpha value is -2.96. The van der Waals surface area contributed by atoms with Crippen LogP contribution >= 0.6 is 0 Å². The summed E-state index contributed by atoms with van der Waals surface area (Å²) < 4.78 is 5.77. The van der Waals surface area contributed by atoms with Crippen LogP contribution in [0.25, 0.3) is 22.2 Å². The lowest BCUT2D eigenvalue weighted by Gasteiger charge is -2.34. The lowest BCUT2D eigenvalue weighted by molar-refractivity contribution is -0.0154. The fourth-order valence-corrected chi connectivity index (χ4v) is 3.74. The quantitative estimate of drug-likeness (QED) is 0.585. The third-order valence-corrected chi connectivity index (χ3v) is 5.19. The summed E-state index contributed by atoms with van der Waals surface area (Å²) in [6.07, 6.45) is 7.59. The number of benzene rings is 1. The molecule has 6 heteroatoms. The maximum absolute atomic E-state index is 5.77. The maximum atomic E-state index is 5.77. The molecule has 2 N–H and O–H groups in total. The average molecular weight is 359 g/mol. The van der Waals surface area contributed by atoms with Crippen LogP contribution in [-0.2, 0) is 11.3 Å². The van der Waals surface area contributed by atoms with Crippen LogP contribution in [0.3, 0.4) is 0 Å². The van der Waals surface area contributed by atoms with Crippen molar-refractivity contribution in [2.24, 2.45) is 0 Å². The van der Waals surface area contributed by atoms with Gasteiger partial charge in [-0.05, 0) is 23.8 Å². The summed E-state index contributed by atoms with van der Waals surface area (Å²) in [5.74, 6) is 0.946. The van der Waals surface area contributed by atoms with E-state index in [1.165, 1.54) is 16.5 Å². The lowest BCUT2D eigenvalue weighted by Crippen LogP contribution is -2.39. The lowest BCUT2D eigenvalue weighted by atomic mass is 10.1. The maximum Gasteiger partial charge on any atom is 0.126 e. The summed E-state index contributed by atoms with van der Waals surface area (Å²) in [5, 5.41) is 1.28. The highest BCUT2D eigenvalue weighted by molar-refractivity contribution is 5.82. The third kappa shape index (κ3) is 3.13. The predicted molar refractivity (Wildman–Crippen MR) is 104 cm³/mol. The normalized spacial score (nSPS) is 18.1. The molecule has 1 aromatic carbocycles. The Morgan fingerprint density at radius 3 is 2.96 bits per heavy atom. The van der Waals surface area contributed by atoms with Gasteiger partial charge in [0.1, 0.15) is 5.82 Å². The van der Waals surface area contributed by atoms with E-state index in [-0.39, 0.29) is 6.04 Å². The average Bonchev–Trinajstić information content (AvgIpc) is 3.37. The molecular formula is C21H21N5O. The van der Waals surface area contributed by atoms with Gasteiger partial charge >= 0.3 is 0 Å². The van der Waals surface area contributed by atoms with Gasteiger partial charge in [0.25, 0.3) is 0 Å². The third-order valence-electron chi connectivity index (χ3n) is 5.19. The van der Waals surface area contributed by atoms with Gasteiger partial charge in [0, 0.05) is 48.1 Å². The molecule has 4 heterocycles. The van der Waals surface area contributed by atoms with Crippen LogP contribution in [0.4, 0.5) is 0 Å². The Kier molecular flexibility index (Phi) is 4.20. The topological polar surface area (TPSA) is 69.8 Å². The van der Waals surface area contributed by atoms with Crippen LogP contribution in [0.15, 0.2) is 61.2 Å². The highest BCUT2D eigenvalue weighted by Gasteiger charge is 2.27. The molecule has 136 valence electrons. The van der Waals surface area contributed by atoms with E-state index in [1.807, 2.05) is 18.3 Å². The first-order chi connectivity index (χ1) is 13.4. The number of H-pyrrole nitrogens is 2. The van der Waals surface area contributed by atoms with Crippen LogP contribution < -0.4 is 0 Å². The van der Waals surface area contributed by atoms with E-state index in [4.69, 9.17) is 4.74 Å². The molecule has 27 heavy (non-hydrogen) atoms. The molecule has 0 spiro atoms. The molecule has 6 nitrogen and oxygen atoms in total. The molecule has 0 aliphatic carbocycles. The molecule has 0 amide bonds. The van der Waals surface area contributed by atoms with Crippen molar-refractivity contribution in [2.45, 2.75) is 12.6 Å². The second-order valence-electron chi connectivity index (χ2n) is 6.84. The molecule has 1 saturated heterocycles. The number of morpholine rings is 1. The number of nitrogens with one attached hydrogen (secondary N) is 2. The van der Waals surface area contributed by atoms with E-state index in [9.17, 15) is 0 Å². The Morgan fingerprint density at radius 2 is 2.04 bits per heavy atom. The fraction of sp³-hybridized carbons (Fsp3) is 0.238. The standard InChI is InChI=1S/C21H21N5O/c1-2-4-18-17(3-1)16(11-23-18)13-26-9-10-27-14-20(26)21-24-12-19(25-21)15-5-7-22-8-6-15/h1-8,11-12,20,23H,9-10,13-14H2,(H,24,25). The van der Waals surface area contributed by atoms with Crippen molar-refractivity contribution < 1.29 is 4.74 Å². The number of aromatic amines is 2. The van der Waals surface area contributed by atoms with Gasteiger partial charge in [0.15, 0.2) is 0 Å². The van der Waals surface area contributed by atoms with Gasteiger partial charge in [0.05, 0.1) is 31.1 Å². The van der Waals surface area contributed by atoms with Crippen molar-refractivity contribution in [1.82, 2.24) is 24.8 Å². The first kappa shape index (κ1) is 16.2. The predicted octanol–water partition coefficient (Wildman–Crippen LogP) is 3.53. The molecular weight excluding hydrogens is 338 g/mol. The fourth-order valence-electron chi connectivity index (χ4n) is 3.74. The molecule has 1 aliphatic rings. The smallest absolute Gasteiger partial charge is 0.126 e. The van der Waals surface area contributed by atoms with Crippen LogP contribution in [0.2, 0.25) is 0 Å². The van der Waals surface area contributed by atoms with Crippen molar-refractivity contribution in [3.05, 3.63) is 72.6 Å². The van der Waals surface area contributed by atoms with Crippen molar-refractivity contribution in [3.63, 3.8) is 0 Å². The molecule has 1 aliphatic heterocycles. The van der Waals surface area contributed by atoms with Gasteiger partial charge in [-0.2, -0.15) is 0 Å². The Balaban J connectivity index is 1.42. The van der Waals surface area contributed by atoms with Crippen molar-refractivity contribution >= 4 is 10.9 Å². The number of nitrogens with zero attached hydrogens (tertiary/aromatic N) is 3. The zero-order chi connectivity index (χ0) is 18.1. The largest absolute Gasteiger partial charge is 0.378 e. The Labute approximate surface area is 157 Å². The molecule has 0 saturated carbocycles. The SMILES string of the molecule is c1ccc2c(CN3CCOCC3c3ncc(-c4ccncc4)[nH]3)c[nH]c2c1. The van der Waals surface area contributed by atoms with Gasteiger partial charge in [-0.25, -0.2) is 4.98 Å². The minimum Gasteiger partial charge on any atom is -0.378 e. The zero-order valence-electron chi connectivity index (χ0n) is 14.9. The van der Waals surface area contributed by atoms with E-state index < -0.39 is 0 Å². The van der Waals surface area contributed by atoms with Crippen LogP contribution in [0.1, 0.15) is 17.4 Å². The Bertz CT molecular complexity index is 1040. The first-order valence-electron chi connectivity index (χ1n) is 9.20. The summed E-state index contributed by atoms with van der Waals surface area (Å²) in [4.78, 5) is 18.0. The van der Waals surface area contributed by atoms with Gasteiger partial charge in [-0.15, -0.1) is 0 Å². The minimum atomic E-state index is 0.114. The van der Waals surface area contributed by atoms with Crippen LogP contribution in [0, 0.1) is 0 Å². The van der Waals surface area contributed by atoms with E-state index in [0.717, 1.165) is 36.8 Å². The number of para-hydroxylation sites is 1. The van der Waals surface area contributed by atoms with Crippen molar-refractivity contribution in [2.75, 3.05) is 19.8 Å². The van der Waals surface area contributed by atoms with Crippen LogP contribution in [-0.4, -0.2) is 44.6 Å². The van der Waals surface area contributed by atoms with Gasteiger partial charge < -0.3 is 14.7 Å². The summed E-state index contributed by atoms with van der Waals surface area (Å²) in [5.41, 5.74) is 4.57. The van der Waals surface area contributed by atoms with E-state index in [0.29, 0.717) is 6.61 Å². The molecule has 3 aromatic heterocycles. The first-order valence-corrected chi connectivity index (χ1v) is 9.20. The molecule has 1 atom stereocenters. The Morgan fingerprint density at radius 1 is 1.15 bits per heavy atom. The molecule has 4 aromatic rings. The number of aromatic nitrogens is 4. The van der Waals surface area contributed by atoms with E-state index >= 15 is 0 Å². The second-order valence-corrected chi connectivity index (χ2v) is 6.84. The minimum absolute atomic E-state index is 0.114. The number of ether oxygens (including phenoxy) is 1. The van der Waals surface area contributed by atoms with Gasteiger partial charge in [0.2, 0.25) is 0 Å². The number of imidazole rings is 1. The van der Waals surface area contributed by atoms with E-state index in [2.05, 4.69) is 55.3 Å². The molecule has 0 bridgehead atoms. The second kappa shape index (κ2) is 6.98. The number of fused-ring (bicyclic) bond motifs is 1. The number of pyridine rings is 1.